The monoisotopic (exact) mass is 272 g/mol. The third kappa shape index (κ3) is 3.28. The largest absolute Gasteiger partial charge is 0.316 e. The van der Waals surface area contributed by atoms with Crippen LogP contribution in [0.5, 0.6) is 0 Å². The van der Waals surface area contributed by atoms with Gasteiger partial charge in [-0.25, -0.2) is 17.5 Å². The third-order valence-corrected chi connectivity index (χ3v) is 4.63. The molecule has 0 radical (unpaired) electrons. The second-order valence-electron chi connectivity index (χ2n) is 4.48. The number of hydrogen-bond donors (Lipinski definition) is 2. The lowest BCUT2D eigenvalue weighted by Crippen LogP contribution is -2.27. The molecule has 0 bridgehead atoms. The van der Waals surface area contributed by atoms with E-state index in [0.717, 1.165) is 32.0 Å². The lowest BCUT2D eigenvalue weighted by molar-refractivity contribution is 0.515. The van der Waals surface area contributed by atoms with Crippen molar-refractivity contribution in [2.75, 3.05) is 19.6 Å². The highest BCUT2D eigenvalue weighted by atomic mass is 32.2. The SMILES string of the molecule is O=S(=O)(NCC[C@@H]1CCNC1)c1ccccc1F. The zero-order chi connectivity index (χ0) is 13.0. The molecule has 1 saturated heterocycles. The van der Waals surface area contributed by atoms with Crippen molar-refractivity contribution >= 4 is 10.0 Å². The van der Waals surface area contributed by atoms with Gasteiger partial charge in [0.25, 0.3) is 0 Å². The fourth-order valence-corrected chi connectivity index (χ4v) is 3.22. The van der Waals surface area contributed by atoms with Gasteiger partial charge in [0.2, 0.25) is 10.0 Å². The van der Waals surface area contributed by atoms with Gasteiger partial charge in [-0.2, -0.15) is 0 Å². The van der Waals surface area contributed by atoms with E-state index >= 15 is 0 Å². The number of nitrogens with one attached hydrogen (secondary N) is 2. The van der Waals surface area contributed by atoms with E-state index in [9.17, 15) is 12.8 Å². The van der Waals surface area contributed by atoms with Crippen LogP contribution in [-0.4, -0.2) is 28.1 Å². The summed E-state index contributed by atoms with van der Waals surface area (Å²) in [5.74, 6) is -0.208. The van der Waals surface area contributed by atoms with Crippen molar-refractivity contribution < 1.29 is 12.8 Å². The summed E-state index contributed by atoms with van der Waals surface area (Å²) in [6, 6.07) is 5.40. The van der Waals surface area contributed by atoms with Crippen LogP contribution in [0.3, 0.4) is 0 Å². The Labute approximate surface area is 107 Å². The molecule has 6 heteroatoms. The van der Waals surface area contributed by atoms with E-state index < -0.39 is 15.8 Å². The van der Waals surface area contributed by atoms with Gasteiger partial charge in [0, 0.05) is 6.54 Å². The molecule has 0 spiro atoms. The van der Waals surface area contributed by atoms with Crippen molar-refractivity contribution in [2.24, 2.45) is 5.92 Å². The average Bonchev–Trinajstić information content (AvgIpc) is 2.82. The van der Waals surface area contributed by atoms with Gasteiger partial charge in [0.1, 0.15) is 10.7 Å². The maximum absolute atomic E-state index is 13.4. The summed E-state index contributed by atoms with van der Waals surface area (Å²) in [4.78, 5) is -0.283. The number of halogens is 1. The second kappa shape index (κ2) is 5.77. The van der Waals surface area contributed by atoms with E-state index in [2.05, 4.69) is 10.0 Å². The van der Waals surface area contributed by atoms with E-state index in [1.807, 2.05) is 0 Å². The molecule has 1 atom stereocenters. The predicted molar refractivity (Wildman–Crippen MR) is 67.2 cm³/mol. The number of hydrogen-bond acceptors (Lipinski definition) is 3. The summed E-state index contributed by atoms with van der Waals surface area (Å²) >= 11 is 0. The predicted octanol–water partition coefficient (Wildman–Crippen LogP) is 1.10. The Morgan fingerprint density at radius 2 is 2.17 bits per heavy atom. The fourth-order valence-electron chi connectivity index (χ4n) is 2.10. The molecule has 2 rings (SSSR count). The summed E-state index contributed by atoms with van der Waals surface area (Å²) in [7, 11) is -3.73. The van der Waals surface area contributed by atoms with Crippen molar-refractivity contribution in [3.05, 3.63) is 30.1 Å². The lowest BCUT2D eigenvalue weighted by Gasteiger charge is -2.10. The molecule has 4 nitrogen and oxygen atoms in total. The van der Waals surface area contributed by atoms with Crippen molar-refractivity contribution in [2.45, 2.75) is 17.7 Å². The minimum absolute atomic E-state index is 0.283. The minimum Gasteiger partial charge on any atom is -0.316 e. The number of sulfonamides is 1. The standard InChI is InChI=1S/C12H17FN2O2S/c13-11-3-1-2-4-12(11)18(16,17)15-8-6-10-5-7-14-9-10/h1-4,10,14-15H,5-9H2/t10-/m0/s1. The third-order valence-electron chi connectivity index (χ3n) is 3.13. The highest BCUT2D eigenvalue weighted by Crippen LogP contribution is 2.14. The summed E-state index contributed by atoms with van der Waals surface area (Å²) in [6.45, 7) is 2.27. The zero-order valence-corrected chi connectivity index (χ0v) is 10.8. The molecular weight excluding hydrogens is 255 g/mol. The highest BCUT2D eigenvalue weighted by molar-refractivity contribution is 7.89. The van der Waals surface area contributed by atoms with Gasteiger partial charge >= 0.3 is 0 Å². The van der Waals surface area contributed by atoms with Crippen LogP contribution in [0, 0.1) is 11.7 Å². The van der Waals surface area contributed by atoms with Gasteiger partial charge in [-0.05, 0) is 44.0 Å². The molecule has 1 aromatic rings. The number of rotatable bonds is 5. The van der Waals surface area contributed by atoms with Gasteiger partial charge in [0.05, 0.1) is 0 Å². The van der Waals surface area contributed by atoms with Crippen LogP contribution < -0.4 is 10.0 Å². The zero-order valence-electron chi connectivity index (χ0n) is 10.0. The van der Waals surface area contributed by atoms with Crippen molar-refractivity contribution in [3.63, 3.8) is 0 Å². The van der Waals surface area contributed by atoms with Gasteiger partial charge in [0.15, 0.2) is 0 Å². The lowest BCUT2D eigenvalue weighted by atomic mass is 10.1. The number of benzene rings is 1. The van der Waals surface area contributed by atoms with Crippen molar-refractivity contribution in [1.82, 2.24) is 10.0 Å². The molecule has 0 aromatic heterocycles. The molecule has 1 aromatic carbocycles. The Balaban J connectivity index is 1.93. The Hall–Kier alpha value is -0.980. The van der Waals surface area contributed by atoms with Gasteiger partial charge in [-0.15, -0.1) is 0 Å². The summed E-state index contributed by atoms with van der Waals surface area (Å²) in [5.41, 5.74) is 0. The van der Waals surface area contributed by atoms with Gasteiger partial charge in [-0.3, -0.25) is 0 Å². The topological polar surface area (TPSA) is 58.2 Å². The smallest absolute Gasteiger partial charge is 0.243 e. The molecule has 1 fully saturated rings. The molecule has 0 unspecified atom stereocenters. The maximum atomic E-state index is 13.4. The first-order valence-corrected chi connectivity index (χ1v) is 7.53. The molecule has 0 aliphatic carbocycles. The van der Waals surface area contributed by atoms with Crippen LogP contribution in [0.1, 0.15) is 12.8 Å². The maximum Gasteiger partial charge on any atom is 0.243 e. The quantitative estimate of drug-likeness (QED) is 0.844. The molecule has 100 valence electrons. The Morgan fingerprint density at radius 1 is 1.39 bits per heavy atom. The van der Waals surface area contributed by atoms with E-state index in [0.29, 0.717) is 12.5 Å². The second-order valence-corrected chi connectivity index (χ2v) is 6.21. The van der Waals surface area contributed by atoms with Crippen LogP contribution in [0.2, 0.25) is 0 Å². The molecule has 0 amide bonds. The first-order valence-electron chi connectivity index (χ1n) is 6.04. The molecular formula is C12H17FN2O2S. The van der Waals surface area contributed by atoms with Crippen LogP contribution in [0.15, 0.2) is 29.2 Å². The first-order chi connectivity index (χ1) is 8.59. The van der Waals surface area contributed by atoms with Crippen LogP contribution in [-0.2, 0) is 10.0 Å². The highest BCUT2D eigenvalue weighted by Gasteiger charge is 2.19. The molecule has 1 aliphatic rings. The van der Waals surface area contributed by atoms with Gasteiger partial charge < -0.3 is 5.32 Å². The molecule has 1 heterocycles. The fraction of sp³-hybridized carbons (Fsp3) is 0.500. The van der Waals surface area contributed by atoms with E-state index in [-0.39, 0.29) is 4.90 Å². The summed E-state index contributed by atoms with van der Waals surface area (Å²) in [5, 5.41) is 3.22. The average molecular weight is 272 g/mol. The molecule has 2 N–H and O–H groups in total. The molecule has 0 saturated carbocycles. The minimum atomic E-state index is -3.73. The van der Waals surface area contributed by atoms with E-state index in [4.69, 9.17) is 0 Å². The summed E-state index contributed by atoms with van der Waals surface area (Å²) in [6.07, 6.45) is 1.85. The molecule has 1 aliphatic heterocycles. The Bertz CT molecular complexity index is 499. The first kappa shape index (κ1) is 13.5. The van der Waals surface area contributed by atoms with Crippen LogP contribution >= 0.6 is 0 Å². The molecule has 18 heavy (non-hydrogen) atoms. The van der Waals surface area contributed by atoms with Crippen LogP contribution in [0.4, 0.5) is 4.39 Å². The normalized spacial score (nSPS) is 20.2. The Morgan fingerprint density at radius 3 is 2.83 bits per heavy atom. The van der Waals surface area contributed by atoms with E-state index in [1.54, 1.807) is 0 Å². The van der Waals surface area contributed by atoms with Gasteiger partial charge in [-0.1, -0.05) is 12.1 Å². The van der Waals surface area contributed by atoms with Crippen LogP contribution in [0.25, 0.3) is 0 Å². The van der Waals surface area contributed by atoms with Crippen molar-refractivity contribution in [3.8, 4) is 0 Å². The summed E-state index contributed by atoms with van der Waals surface area (Å²) < 4.78 is 39.6. The Kier molecular flexibility index (Phi) is 4.31. The van der Waals surface area contributed by atoms with E-state index in [1.165, 1.54) is 18.2 Å². The van der Waals surface area contributed by atoms with Crippen molar-refractivity contribution in [1.29, 1.82) is 0 Å².